The van der Waals surface area contributed by atoms with Crippen LogP contribution < -0.4 is 4.90 Å². The molecule has 0 N–H and O–H groups in total. The van der Waals surface area contributed by atoms with Crippen LogP contribution in [0.1, 0.15) is 0 Å². The summed E-state index contributed by atoms with van der Waals surface area (Å²) in [6.45, 7) is 0. The van der Waals surface area contributed by atoms with Crippen LogP contribution in [0.3, 0.4) is 0 Å². The van der Waals surface area contributed by atoms with E-state index in [1.54, 1.807) is 0 Å². The van der Waals surface area contributed by atoms with E-state index in [1.165, 1.54) is 76.0 Å². The molecule has 0 spiro atoms. The first-order valence-corrected chi connectivity index (χ1v) is 17.3. The van der Waals surface area contributed by atoms with E-state index >= 15 is 0 Å². The Labute approximate surface area is 289 Å². The number of rotatable bonds is 5. The maximum Gasteiger partial charge on any atom is 0.0625 e. The minimum Gasteiger partial charge on any atom is -0.310 e. The van der Waals surface area contributed by atoms with Crippen molar-refractivity contribution in [3.8, 4) is 16.8 Å². The van der Waals surface area contributed by atoms with Crippen LogP contribution >= 0.6 is 0 Å². The smallest absolute Gasteiger partial charge is 0.0625 e. The Balaban J connectivity index is 1.20. The highest BCUT2D eigenvalue weighted by molar-refractivity contribution is 6.42. The molecule has 10 aromatic carbocycles. The van der Waals surface area contributed by atoms with Crippen LogP contribution in [0.15, 0.2) is 182 Å². The molecular formula is C48H30N2. The first kappa shape index (κ1) is 27.3. The van der Waals surface area contributed by atoms with Crippen molar-refractivity contribution < 1.29 is 0 Å². The summed E-state index contributed by atoms with van der Waals surface area (Å²) >= 11 is 0. The van der Waals surface area contributed by atoms with E-state index in [0.29, 0.717) is 0 Å². The Kier molecular flexibility index (Phi) is 5.70. The largest absolute Gasteiger partial charge is 0.310 e. The van der Waals surface area contributed by atoms with Gasteiger partial charge in [-0.05, 0) is 98.0 Å². The molecule has 0 radical (unpaired) electrons. The molecule has 2 nitrogen and oxygen atoms in total. The molecule has 0 fully saturated rings. The average Bonchev–Trinajstić information content (AvgIpc) is 3.54. The zero-order chi connectivity index (χ0) is 32.8. The Morgan fingerprint density at radius 3 is 1.80 bits per heavy atom. The predicted octanol–water partition coefficient (Wildman–Crippen LogP) is 13.4. The van der Waals surface area contributed by atoms with E-state index in [9.17, 15) is 0 Å². The maximum atomic E-state index is 2.52. The summed E-state index contributed by atoms with van der Waals surface area (Å²) in [4.78, 5) is 2.36. The molecule has 232 valence electrons. The van der Waals surface area contributed by atoms with Crippen LogP contribution in [0, 0.1) is 0 Å². The normalized spacial score (nSPS) is 12.0. The molecular weight excluding hydrogens is 605 g/mol. The lowest BCUT2D eigenvalue weighted by Gasteiger charge is -2.26. The summed E-state index contributed by atoms with van der Waals surface area (Å²) in [5, 5.41) is 13.2. The van der Waals surface area contributed by atoms with Crippen LogP contribution in [-0.2, 0) is 0 Å². The fourth-order valence-electron chi connectivity index (χ4n) is 8.49. The molecule has 11 aromatic rings. The van der Waals surface area contributed by atoms with Gasteiger partial charge in [-0.1, -0.05) is 127 Å². The third-order valence-corrected chi connectivity index (χ3v) is 10.6. The summed E-state index contributed by atoms with van der Waals surface area (Å²) < 4.78 is 2.52. The summed E-state index contributed by atoms with van der Waals surface area (Å²) in [5.74, 6) is 0. The van der Waals surface area contributed by atoms with Crippen LogP contribution in [-0.4, -0.2) is 4.57 Å². The van der Waals surface area contributed by atoms with E-state index in [2.05, 4.69) is 191 Å². The van der Waals surface area contributed by atoms with Gasteiger partial charge in [0.25, 0.3) is 0 Å². The Bertz CT molecular complexity index is 3010. The Hall–Kier alpha value is -6.64. The number of anilines is 3. The summed E-state index contributed by atoms with van der Waals surface area (Å²) in [5.41, 5.74) is 9.41. The molecule has 2 heteroatoms. The van der Waals surface area contributed by atoms with Crippen molar-refractivity contribution in [2.45, 2.75) is 0 Å². The minimum atomic E-state index is 1.11. The highest BCUT2D eigenvalue weighted by atomic mass is 15.1. The Morgan fingerprint density at radius 2 is 0.960 bits per heavy atom. The predicted molar refractivity (Wildman–Crippen MR) is 213 cm³/mol. The van der Waals surface area contributed by atoms with E-state index < -0.39 is 0 Å². The monoisotopic (exact) mass is 634 g/mol. The van der Waals surface area contributed by atoms with Gasteiger partial charge in [0.15, 0.2) is 0 Å². The Morgan fingerprint density at radius 1 is 0.340 bits per heavy atom. The van der Waals surface area contributed by atoms with E-state index in [0.717, 1.165) is 22.7 Å². The number of hydrogen-bond acceptors (Lipinski definition) is 1. The molecule has 1 aromatic heterocycles. The summed E-state index contributed by atoms with van der Waals surface area (Å²) in [7, 11) is 0. The van der Waals surface area contributed by atoms with Gasteiger partial charge in [-0.25, -0.2) is 0 Å². The fraction of sp³-hybridized carbons (Fsp3) is 0. The van der Waals surface area contributed by atoms with Crippen molar-refractivity contribution in [1.82, 2.24) is 4.57 Å². The second-order valence-corrected chi connectivity index (χ2v) is 13.3. The van der Waals surface area contributed by atoms with Crippen molar-refractivity contribution in [2.75, 3.05) is 4.90 Å². The second-order valence-electron chi connectivity index (χ2n) is 13.3. The molecule has 0 aliphatic rings. The molecule has 0 saturated carbocycles. The lowest BCUT2D eigenvalue weighted by molar-refractivity contribution is 1.18. The number of fused-ring (bicyclic) bond motifs is 3. The van der Waals surface area contributed by atoms with E-state index in [-0.39, 0.29) is 0 Å². The molecule has 0 unspecified atom stereocenters. The molecule has 0 bridgehead atoms. The highest BCUT2D eigenvalue weighted by Gasteiger charge is 2.24. The van der Waals surface area contributed by atoms with Crippen LogP contribution in [0.25, 0.3) is 81.7 Å². The molecule has 0 aliphatic heterocycles. The number of para-hydroxylation sites is 1. The molecule has 0 aliphatic carbocycles. The maximum absolute atomic E-state index is 2.52. The molecule has 0 saturated heterocycles. The molecule has 0 atom stereocenters. The topological polar surface area (TPSA) is 8.17 Å². The third kappa shape index (κ3) is 3.85. The zero-order valence-corrected chi connectivity index (χ0v) is 27.2. The molecule has 0 amide bonds. The van der Waals surface area contributed by atoms with Gasteiger partial charge in [0, 0.05) is 44.3 Å². The summed E-state index contributed by atoms with van der Waals surface area (Å²) in [6, 6.07) is 66.5. The lowest BCUT2D eigenvalue weighted by Crippen LogP contribution is -2.10. The van der Waals surface area contributed by atoms with Crippen molar-refractivity contribution in [1.29, 1.82) is 0 Å². The number of nitrogens with zero attached hydrogens (tertiary/aromatic N) is 2. The SMILES string of the molecule is c1ccc(-c2ccc(N(c3ccccc3)c3cccc(-n4c5ccc6ccc7cccc8c9cc%10ccccc%10c4c9c5c6c78)c3)cc2)cc1. The zero-order valence-electron chi connectivity index (χ0n) is 27.2. The first-order valence-electron chi connectivity index (χ1n) is 17.3. The second kappa shape index (κ2) is 10.4. The number of aromatic nitrogens is 1. The van der Waals surface area contributed by atoms with Gasteiger partial charge in [0.2, 0.25) is 0 Å². The van der Waals surface area contributed by atoms with Gasteiger partial charge in [0.05, 0.1) is 11.0 Å². The van der Waals surface area contributed by atoms with Crippen molar-refractivity contribution in [3.05, 3.63) is 182 Å². The van der Waals surface area contributed by atoms with E-state index in [4.69, 9.17) is 0 Å². The van der Waals surface area contributed by atoms with Gasteiger partial charge in [-0.2, -0.15) is 0 Å². The fourth-order valence-corrected chi connectivity index (χ4v) is 8.49. The van der Waals surface area contributed by atoms with Gasteiger partial charge >= 0.3 is 0 Å². The number of benzene rings is 10. The van der Waals surface area contributed by atoms with Crippen molar-refractivity contribution in [2.24, 2.45) is 0 Å². The van der Waals surface area contributed by atoms with Crippen molar-refractivity contribution >= 4 is 82.0 Å². The summed E-state index contributed by atoms with van der Waals surface area (Å²) in [6.07, 6.45) is 0. The van der Waals surface area contributed by atoms with Gasteiger partial charge in [0.1, 0.15) is 0 Å². The quantitative estimate of drug-likeness (QED) is 0.135. The molecule has 50 heavy (non-hydrogen) atoms. The lowest BCUT2D eigenvalue weighted by atomic mass is 9.88. The number of hydrogen-bond donors (Lipinski definition) is 0. The molecule has 11 rings (SSSR count). The first-order chi connectivity index (χ1) is 24.8. The highest BCUT2D eigenvalue weighted by Crippen LogP contribution is 2.49. The van der Waals surface area contributed by atoms with Crippen LogP contribution in [0.5, 0.6) is 0 Å². The van der Waals surface area contributed by atoms with Gasteiger partial charge in [-0.3, -0.25) is 0 Å². The van der Waals surface area contributed by atoms with Crippen LogP contribution in [0.4, 0.5) is 17.1 Å². The third-order valence-electron chi connectivity index (χ3n) is 10.6. The van der Waals surface area contributed by atoms with Gasteiger partial charge < -0.3 is 9.47 Å². The van der Waals surface area contributed by atoms with Crippen molar-refractivity contribution in [3.63, 3.8) is 0 Å². The standard InChI is InChI=1S/C48H30N2/c1-3-11-31(12-4-1)32-23-26-37(27-24-32)49(36-15-5-2-6-16-36)38-17-10-18-39(30-38)50-43-28-25-34-22-21-33-14-9-20-41-42-29-35-13-7-8-19-40(35)48(50)46(42)47(43)45(34)44(33)41/h1-30H. The molecule has 1 heterocycles. The van der Waals surface area contributed by atoms with Crippen LogP contribution in [0.2, 0.25) is 0 Å². The minimum absolute atomic E-state index is 1.11. The van der Waals surface area contributed by atoms with E-state index in [1.807, 2.05) is 0 Å². The van der Waals surface area contributed by atoms with Gasteiger partial charge in [-0.15, -0.1) is 0 Å². The average molecular weight is 635 g/mol.